The van der Waals surface area contributed by atoms with E-state index in [-0.39, 0.29) is 24.3 Å². The Bertz CT molecular complexity index is 658. The van der Waals surface area contributed by atoms with E-state index in [1.165, 1.54) is 12.1 Å². The van der Waals surface area contributed by atoms with Gasteiger partial charge in [-0.15, -0.1) is 0 Å². The highest BCUT2D eigenvalue weighted by Crippen LogP contribution is 2.31. The summed E-state index contributed by atoms with van der Waals surface area (Å²) in [5.74, 6) is 0.828. The lowest BCUT2D eigenvalue weighted by Crippen LogP contribution is -2.35. The Labute approximate surface area is 133 Å². The molecule has 122 valence electrons. The molecule has 0 fully saturated rings. The summed E-state index contributed by atoms with van der Waals surface area (Å²) in [4.78, 5) is 11.9. The number of carbonyl (C=O) groups excluding carboxylic acids is 1. The highest BCUT2D eigenvalue weighted by atomic mass is 19.1. The Morgan fingerprint density at radius 3 is 3.09 bits per heavy atom. The normalized spacial score (nSPS) is 17.0. The smallest absolute Gasteiger partial charge is 0.234 e. The number of carbonyl (C=O) groups is 1. The molecule has 0 saturated heterocycles. The SMILES string of the molecule is O=C(CN[C@@H]1CCCOc2cc(F)ccc21)NCc1ccco1. The fraction of sp³-hybridized carbons (Fsp3) is 0.353. The Morgan fingerprint density at radius 2 is 2.26 bits per heavy atom. The number of nitrogens with one attached hydrogen (secondary N) is 2. The van der Waals surface area contributed by atoms with Gasteiger partial charge in [-0.25, -0.2) is 4.39 Å². The average Bonchev–Trinajstić information content (AvgIpc) is 2.98. The van der Waals surface area contributed by atoms with E-state index in [4.69, 9.17) is 9.15 Å². The molecule has 0 unspecified atom stereocenters. The summed E-state index contributed by atoms with van der Waals surface area (Å²) in [7, 11) is 0. The summed E-state index contributed by atoms with van der Waals surface area (Å²) in [5.41, 5.74) is 0.891. The molecule has 0 saturated carbocycles. The van der Waals surface area contributed by atoms with Gasteiger partial charge in [0.15, 0.2) is 0 Å². The van der Waals surface area contributed by atoms with Crippen LogP contribution in [0.15, 0.2) is 41.0 Å². The van der Waals surface area contributed by atoms with Gasteiger partial charge in [-0.1, -0.05) is 6.07 Å². The number of benzene rings is 1. The molecule has 0 bridgehead atoms. The van der Waals surface area contributed by atoms with E-state index in [1.807, 2.05) is 0 Å². The molecule has 3 rings (SSSR count). The van der Waals surface area contributed by atoms with Gasteiger partial charge >= 0.3 is 0 Å². The average molecular weight is 318 g/mol. The highest BCUT2D eigenvalue weighted by Gasteiger charge is 2.20. The van der Waals surface area contributed by atoms with Crippen LogP contribution in [0.4, 0.5) is 4.39 Å². The number of amides is 1. The topological polar surface area (TPSA) is 63.5 Å². The molecular formula is C17H19FN2O3. The molecule has 1 amide bonds. The van der Waals surface area contributed by atoms with Crippen LogP contribution in [0.5, 0.6) is 5.75 Å². The predicted octanol–water partition coefficient (Wildman–Crippen LogP) is 2.54. The molecule has 1 aromatic carbocycles. The standard InChI is InChI=1S/C17H19FN2O3/c18-12-5-6-14-15(4-2-8-23-16(14)9-12)19-11-17(21)20-10-13-3-1-7-22-13/h1,3,5-7,9,15,19H,2,4,8,10-11H2,(H,20,21)/t15-/m1/s1. The zero-order valence-corrected chi connectivity index (χ0v) is 12.7. The molecular weight excluding hydrogens is 299 g/mol. The second-order valence-electron chi connectivity index (χ2n) is 5.46. The van der Waals surface area contributed by atoms with E-state index < -0.39 is 0 Å². The summed E-state index contributed by atoms with van der Waals surface area (Å²) in [5, 5.41) is 6.01. The number of ether oxygens (including phenoxy) is 1. The Balaban J connectivity index is 1.56. The van der Waals surface area contributed by atoms with Crippen LogP contribution in [0, 0.1) is 5.82 Å². The van der Waals surface area contributed by atoms with Gasteiger partial charge in [0.1, 0.15) is 17.3 Å². The summed E-state index contributed by atoms with van der Waals surface area (Å²) >= 11 is 0. The van der Waals surface area contributed by atoms with Crippen molar-refractivity contribution >= 4 is 5.91 Å². The lowest BCUT2D eigenvalue weighted by Gasteiger charge is -2.18. The third kappa shape index (κ3) is 4.10. The van der Waals surface area contributed by atoms with Crippen LogP contribution < -0.4 is 15.4 Å². The number of fused-ring (bicyclic) bond motifs is 1. The number of hydrogen-bond acceptors (Lipinski definition) is 4. The summed E-state index contributed by atoms with van der Waals surface area (Å²) in [6.07, 6.45) is 3.26. The molecule has 0 radical (unpaired) electrons. The van der Waals surface area contributed by atoms with Gasteiger partial charge in [0.2, 0.25) is 5.91 Å². The van der Waals surface area contributed by atoms with Gasteiger partial charge in [-0.2, -0.15) is 0 Å². The van der Waals surface area contributed by atoms with Crippen molar-refractivity contribution in [1.29, 1.82) is 0 Å². The van der Waals surface area contributed by atoms with E-state index in [0.717, 1.165) is 18.4 Å². The molecule has 0 spiro atoms. The molecule has 1 aliphatic heterocycles. The van der Waals surface area contributed by atoms with Crippen LogP contribution in [0.2, 0.25) is 0 Å². The molecule has 2 heterocycles. The zero-order chi connectivity index (χ0) is 16.1. The predicted molar refractivity (Wildman–Crippen MR) is 82.4 cm³/mol. The molecule has 5 nitrogen and oxygen atoms in total. The Hall–Kier alpha value is -2.34. The third-order valence-corrected chi connectivity index (χ3v) is 3.79. The zero-order valence-electron chi connectivity index (χ0n) is 12.7. The van der Waals surface area contributed by atoms with Gasteiger partial charge < -0.3 is 19.8 Å². The fourth-order valence-electron chi connectivity index (χ4n) is 2.64. The van der Waals surface area contributed by atoms with Crippen LogP contribution in [0.1, 0.15) is 30.2 Å². The first-order valence-corrected chi connectivity index (χ1v) is 7.67. The monoisotopic (exact) mass is 318 g/mol. The van der Waals surface area contributed by atoms with Crippen LogP contribution in [-0.2, 0) is 11.3 Å². The van der Waals surface area contributed by atoms with E-state index in [9.17, 15) is 9.18 Å². The van der Waals surface area contributed by atoms with Crippen molar-refractivity contribution in [3.63, 3.8) is 0 Å². The van der Waals surface area contributed by atoms with E-state index in [1.54, 1.807) is 24.5 Å². The minimum absolute atomic E-state index is 0.0255. The van der Waals surface area contributed by atoms with Crippen molar-refractivity contribution in [2.24, 2.45) is 0 Å². The van der Waals surface area contributed by atoms with Gasteiger partial charge in [0.05, 0.1) is 26.0 Å². The largest absolute Gasteiger partial charge is 0.493 e. The fourth-order valence-corrected chi connectivity index (χ4v) is 2.64. The van der Waals surface area contributed by atoms with Gasteiger partial charge in [0, 0.05) is 17.7 Å². The minimum Gasteiger partial charge on any atom is -0.493 e. The molecule has 2 aromatic rings. The number of hydrogen-bond donors (Lipinski definition) is 2. The number of rotatable bonds is 5. The Morgan fingerprint density at radius 1 is 1.35 bits per heavy atom. The van der Waals surface area contributed by atoms with Crippen molar-refractivity contribution in [2.45, 2.75) is 25.4 Å². The van der Waals surface area contributed by atoms with Gasteiger partial charge in [-0.3, -0.25) is 4.79 Å². The third-order valence-electron chi connectivity index (χ3n) is 3.79. The highest BCUT2D eigenvalue weighted by molar-refractivity contribution is 5.78. The van der Waals surface area contributed by atoms with Crippen molar-refractivity contribution < 1.29 is 18.3 Å². The maximum atomic E-state index is 13.3. The summed E-state index contributed by atoms with van der Waals surface area (Å²) in [6, 6.07) is 8.09. The van der Waals surface area contributed by atoms with E-state index in [2.05, 4.69) is 10.6 Å². The van der Waals surface area contributed by atoms with Crippen LogP contribution in [-0.4, -0.2) is 19.1 Å². The Kier molecular flexibility index (Phi) is 4.92. The molecule has 1 atom stereocenters. The first-order valence-electron chi connectivity index (χ1n) is 7.67. The second-order valence-corrected chi connectivity index (χ2v) is 5.46. The number of furan rings is 1. The van der Waals surface area contributed by atoms with Crippen molar-refractivity contribution in [2.75, 3.05) is 13.2 Å². The lowest BCUT2D eigenvalue weighted by atomic mass is 10.0. The summed E-state index contributed by atoms with van der Waals surface area (Å²) < 4.78 is 24.1. The van der Waals surface area contributed by atoms with Gasteiger partial charge in [0.25, 0.3) is 0 Å². The molecule has 0 aliphatic carbocycles. The van der Waals surface area contributed by atoms with Crippen LogP contribution >= 0.6 is 0 Å². The maximum Gasteiger partial charge on any atom is 0.234 e. The van der Waals surface area contributed by atoms with E-state index in [0.29, 0.717) is 24.7 Å². The molecule has 1 aromatic heterocycles. The first kappa shape index (κ1) is 15.6. The van der Waals surface area contributed by atoms with E-state index >= 15 is 0 Å². The number of halogens is 1. The van der Waals surface area contributed by atoms with Crippen molar-refractivity contribution in [3.8, 4) is 5.75 Å². The molecule has 23 heavy (non-hydrogen) atoms. The maximum absolute atomic E-state index is 13.3. The lowest BCUT2D eigenvalue weighted by molar-refractivity contribution is -0.120. The quantitative estimate of drug-likeness (QED) is 0.889. The van der Waals surface area contributed by atoms with Crippen LogP contribution in [0.25, 0.3) is 0 Å². The van der Waals surface area contributed by atoms with Crippen molar-refractivity contribution in [1.82, 2.24) is 10.6 Å². The van der Waals surface area contributed by atoms with Crippen LogP contribution in [0.3, 0.4) is 0 Å². The second kappa shape index (κ2) is 7.28. The molecule has 6 heteroatoms. The summed E-state index contributed by atoms with van der Waals surface area (Å²) in [6.45, 7) is 1.10. The molecule has 2 N–H and O–H groups in total. The van der Waals surface area contributed by atoms with Gasteiger partial charge in [-0.05, 0) is 31.0 Å². The van der Waals surface area contributed by atoms with Crippen molar-refractivity contribution in [3.05, 3.63) is 53.7 Å². The minimum atomic E-state index is -0.319. The molecule has 1 aliphatic rings. The first-order chi connectivity index (χ1) is 11.2.